The van der Waals surface area contributed by atoms with E-state index in [1.165, 1.54) is 25.9 Å². The van der Waals surface area contributed by atoms with Gasteiger partial charge in [-0.2, -0.15) is 0 Å². The van der Waals surface area contributed by atoms with Crippen LogP contribution in [0.15, 0.2) is 24.4 Å². The van der Waals surface area contributed by atoms with Gasteiger partial charge in [-0.05, 0) is 50.3 Å². The van der Waals surface area contributed by atoms with Crippen molar-refractivity contribution in [2.75, 3.05) is 44.2 Å². The first-order valence-corrected chi connectivity index (χ1v) is 9.38. The molecule has 1 aromatic heterocycles. The highest BCUT2D eigenvalue weighted by atomic mass is 16.1. The van der Waals surface area contributed by atoms with Crippen LogP contribution in [0, 0.1) is 11.8 Å². The summed E-state index contributed by atoms with van der Waals surface area (Å²) < 4.78 is 0. The second-order valence-electron chi connectivity index (χ2n) is 7.31. The third kappa shape index (κ3) is 4.69. The van der Waals surface area contributed by atoms with Gasteiger partial charge in [0.05, 0.1) is 5.92 Å². The average Bonchev–Trinajstić information content (AvgIpc) is 2.62. The third-order valence-electron chi connectivity index (χ3n) is 5.23. The molecular weight excluding hydrogens is 300 g/mol. The summed E-state index contributed by atoms with van der Waals surface area (Å²) in [7, 11) is 0. The molecule has 0 aliphatic carbocycles. The lowest BCUT2D eigenvalue weighted by molar-refractivity contribution is -0.125. The van der Waals surface area contributed by atoms with Crippen LogP contribution in [0.4, 0.5) is 5.82 Å². The first kappa shape index (κ1) is 17.2. The number of amides is 1. The molecule has 3 heterocycles. The molecule has 1 N–H and O–H groups in total. The minimum atomic E-state index is 0.0843. The molecular formula is C19H30N4O. The van der Waals surface area contributed by atoms with Crippen LogP contribution in [-0.4, -0.2) is 55.1 Å². The Morgan fingerprint density at radius 2 is 2.12 bits per heavy atom. The van der Waals surface area contributed by atoms with Gasteiger partial charge in [0.25, 0.3) is 0 Å². The molecule has 0 bridgehead atoms. The molecule has 2 aliphatic heterocycles. The van der Waals surface area contributed by atoms with E-state index in [2.05, 4.69) is 27.0 Å². The normalized spacial score (nSPS) is 25.5. The molecule has 5 nitrogen and oxygen atoms in total. The van der Waals surface area contributed by atoms with E-state index in [1.807, 2.05) is 24.4 Å². The lowest BCUT2D eigenvalue weighted by atomic mass is 9.97. The number of piperidine rings is 2. The third-order valence-corrected chi connectivity index (χ3v) is 5.23. The highest BCUT2D eigenvalue weighted by Gasteiger charge is 2.26. The summed E-state index contributed by atoms with van der Waals surface area (Å²) >= 11 is 0. The van der Waals surface area contributed by atoms with Gasteiger partial charge in [0.2, 0.25) is 5.91 Å². The van der Waals surface area contributed by atoms with Crippen molar-refractivity contribution in [1.29, 1.82) is 0 Å². The van der Waals surface area contributed by atoms with E-state index in [0.29, 0.717) is 0 Å². The summed E-state index contributed by atoms with van der Waals surface area (Å²) in [6.45, 7) is 8.19. The van der Waals surface area contributed by atoms with Crippen molar-refractivity contribution in [3.8, 4) is 0 Å². The Bertz CT molecular complexity index is 521. The summed E-state index contributed by atoms with van der Waals surface area (Å²) in [5.74, 6) is 2.07. The molecule has 3 rings (SSSR count). The number of nitrogens with one attached hydrogen (secondary N) is 1. The Morgan fingerprint density at radius 1 is 1.25 bits per heavy atom. The zero-order chi connectivity index (χ0) is 16.8. The van der Waals surface area contributed by atoms with Crippen molar-refractivity contribution in [1.82, 2.24) is 15.2 Å². The summed E-state index contributed by atoms with van der Waals surface area (Å²) in [5, 5.41) is 3.16. The molecule has 2 fully saturated rings. The Balaban J connectivity index is 1.43. The topological polar surface area (TPSA) is 48.5 Å². The molecule has 0 aromatic carbocycles. The SMILES string of the molecule is CC1CCCN(CCNC(=O)C2CCCN(c3ccccn3)C2)C1. The van der Waals surface area contributed by atoms with E-state index < -0.39 is 0 Å². The largest absolute Gasteiger partial charge is 0.356 e. The molecule has 0 radical (unpaired) electrons. The van der Waals surface area contributed by atoms with Crippen molar-refractivity contribution in [2.45, 2.75) is 32.6 Å². The highest BCUT2D eigenvalue weighted by Crippen LogP contribution is 2.21. The number of aromatic nitrogens is 1. The number of likely N-dealkylation sites (tertiary alicyclic amines) is 1. The number of pyridine rings is 1. The van der Waals surface area contributed by atoms with Crippen molar-refractivity contribution < 1.29 is 4.79 Å². The monoisotopic (exact) mass is 330 g/mol. The van der Waals surface area contributed by atoms with Gasteiger partial charge in [0, 0.05) is 38.9 Å². The van der Waals surface area contributed by atoms with Crippen LogP contribution in [0.1, 0.15) is 32.6 Å². The van der Waals surface area contributed by atoms with Crippen LogP contribution < -0.4 is 10.2 Å². The molecule has 5 heteroatoms. The molecule has 2 saturated heterocycles. The van der Waals surface area contributed by atoms with Gasteiger partial charge in [-0.25, -0.2) is 4.98 Å². The highest BCUT2D eigenvalue weighted by molar-refractivity contribution is 5.79. The standard InChI is InChI=1S/C19H30N4O/c1-16-6-4-11-22(14-16)13-10-21-19(24)17-7-5-12-23(15-17)18-8-2-3-9-20-18/h2-3,8-9,16-17H,4-7,10-15H2,1H3,(H,21,24). The maximum absolute atomic E-state index is 12.5. The molecule has 24 heavy (non-hydrogen) atoms. The number of anilines is 1. The molecule has 0 spiro atoms. The number of hydrogen-bond donors (Lipinski definition) is 1. The fourth-order valence-corrected chi connectivity index (χ4v) is 3.91. The minimum Gasteiger partial charge on any atom is -0.356 e. The van der Waals surface area contributed by atoms with Crippen LogP contribution >= 0.6 is 0 Å². The van der Waals surface area contributed by atoms with E-state index in [0.717, 1.165) is 50.8 Å². The molecule has 2 aliphatic rings. The van der Waals surface area contributed by atoms with Crippen LogP contribution in [0.2, 0.25) is 0 Å². The van der Waals surface area contributed by atoms with Gasteiger partial charge in [0.1, 0.15) is 5.82 Å². The average molecular weight is 330 g/mol. The number of carbonyl (C=O) groups is 1. The predicted molar refractivity (Wildman–Crippen MR) is 97.0 cm³/mol. The van der Waals surface area contributed by atoms with Gasteiger partial charge >= 0.3 is 0 Å². The van der Waals surface area contributed by atoms with Gasteiger partial charge in [-0.3, -0.25) is 4.79 Å². The maximum Gasteiger partial charge on any atom is 0.224 e. The Labute approximate surface area is 145 Å². The number of nitrogens with zero attached hydrogens (tertiary/aromatic N) is 3. The Hall–Kier alpha value is -1.62. The van der Waals surface area contributed by atoms with Crippen LogP contribution in [0.5, 0.6) is 0 Å². The predicted octanol–water partition coefficient (Wildman–Crippen LogP) is 2.15. The Morgan fingerprint density at radius 3 is 2.92 bits per heavy atom. The summed E-state index contributed by atoms with van der Waals surface area (Å²) in [6, 6.07) is 5.96. The first-order valence-electron chi connectivity index (χ1n) is 9.38. The zero-order valence-electron chi connectivity index (χ0n) is 14.8. The number of rotatable bonds is 5. The summed E-state index contributed by atoms with van der Waals surface area (Å²) in [6.07, 6.45) is 6.48. The number of hydrogen-bond acceptors (Lipinski definition) is 4. The van der Waals surface area contributed by atoms with E-state index >= 15 is 0 Å². The molecule has 1 amide bonds. The summed E-state index contributed by atoms with van der Waals surface area (Å²) in [4.78, 5) is 21.6. The van der Waals surface area contributed by atoms with Gasteiger partial charge in [-0.15, -0.1) is 0 Å². The molecule has 0 saturated carbocycles. The van der Waals surface area contributed by atoms with E-state index in [1.54, 1.807) is 0 Å². The Kier molecular flexibility index (Phi) is 6.07. The quantitative estimate of drug-likeness (QED) is 0.899. The second kappa shape index (κ2) is 8.47. The second-order valence-corrected chi connectivity index (χ2v) is 7.31. The van der Waals surface area contributed by atoms with E-state index in [4.69, 9.17) is 0 Å². The minimum absolute atomic E-state index is 0.0843. The first-order chi connectivity index (χ1) is 11.7. The van der Waals surface area contributed by atoms with Crippen molar-refractivity contribution in [3.63, 3.8) is 0 Å². The van der Waals surface area contributed by atoms with E-state index in [-0.39, 0.29) is 11.8 Å². The number of carbonyl (C=O) groups excluding carboxylic acids is 1. The van der Waals surface area contributed by atoms with Gasteiger partial charge < -0.3 is 15.1 Å². The maximum atomic E-state index is 12.5. The fraction of sp³-hybridized carbons (Fsp3) is 0.684. The smallest absolute Gasteiger partial charge is 0.224 e. The summed E-state index contributed by atoms with van der Waals surface area (Å²) in [5.41, 5.74) is 0. The zero-order valence-corrected chi connectivity index (χ0v) is 14.8. The van der Waals surface area contributed by atoms with E-state index in [9.17, 15) is 4.79 Å². The lowest BCUT2D eigenvalue weighted by Crippen LogP contribution is -2.45. The molecule has 1 aromatic rings. The molecule has 132 valence electrons. The van der Waals surface area contributed by atoms with Crippen molar-refractivity contribution in [2.24, 2.45) is 11.8 Å². The van der Waals surface area contributed by atoms with Crippen LogP contribution in [-0.2, 0) is 4.79 Å². The fourth-order valence-electron chi connectivity index (χ4n) is 3.91. The van der Waals surface area contributed by atoms with Crippen LogP contribution in [0.3, 0.4) is 0 Å². The van der Waals surface area contributed by atoms with Crippen LogP contribution in [0.25, 0.3) is 0 Å². The van der Waals surface area contributed by atoms with Gasteiger partial charge in [-0.1, -0.05) is 13.0 Å². The van der Waals surface area contributed by atoms with Gasteiger partial charge in [0.15, 0.2) is 0 Å². The van der Waals surface area contributed by atoms with Crippen molar-refractivity contribution in [3.05, 3.63) is 24.4 Å². The lowest BCUT2D eigenvalue weighted by Gasteiger charge is -2.33. The molecule has 2 unspecified atom stereocenters. The molecule has 2 atom stereocenters. The van der Waals surface area contributed by atoms with Crippen molar-refractivity contribution >= 4 is 11.7 Å².